The van der Waals surface area contributed by atoms with Crippen LogP contribution in [0.25, 0.3) is 0 Å². The smallest absolute Gasteiger partial charge is 0.314 e. The van der Waals surface area contributed by atoms with E-state index in [2.05, 4.69) is 66.8 Å². The normalized spacial score (nSPS) is 13.3. The zero-order valence-electron chi connectivity index (χ0n) is 28.2. The molecule has 0 rings (SSSR count). The Morgan fingerprint density at radius 3 is 1.44 bits per heavy atom. The van der Waals surface area contributed by atoms with Crippen molar-refractivity contribution in [2.75, 3.05) is 40.4 Å². The number of ether oxygens (including phenoxy) is 1. The van der Waals surface area contributed by atoms with Crippen LogP contribution in [-0.2, 0) is 17.8 Å². The van der Waals surface area contributed by atoms with Gasteiger partial charge in [-0.25, -0.2) is 0 Å². The molecule has 0 atom stereocenters. The van der Waals surface area contributed by atoms with Gasteiger partial charge >= 0.3 is 8.56 Å². The summed E-state index contributed by atoms with van der Waals surface area (Å²) >= 11 is 0. The highest BCUT2D eigenvalue weighted by Crippen LogP contribution is 2.25. The fraction of sp³-hybridized carbons (Fsp3) is 0.968. The number of likely N-dealkylation sites (N-methyl/N-ethyl adjacent to an activating group) is 1. The van der Waals surface area contributed by atoms with Crippen LogP contribution < -0.4 is 0 Å². The number of hydrogen-bond donors (Lipinski definition) is 0. The maximum atomic E-state index is 12.6. The van der Waals surface area contributed by atoms with E-state index >= 15 is 0 Å². The van der Waals surface area contributed by atoms with Crippen molar-refractivity contribution in [3.05, 3.63) is 0 Å². The number of ketones is 1. The minimum Gasteiger partial charge on any atom is -0.437 e. The Morgan fingerprint density at radius 2 is 1.03 bits per heavy atom. The van der Waals surface area contributed by atoms with Crippen LogP contribution in [0.1, 0.15) is 103 Å². The first-order chi connectivity index (χ1) is 18.1. The van der Waals surface area contributed by atoms with Crippen LogP contribution in [0.4, 0.5) is 0 Å². The van der Waals surface area contributed by atoms with Gasteiger partial charge in [-0.05, 0) is 71.1 Å². The molecule has 0 aromatic heterocycles. The predicted molar refractivity (Wildman–Crippen MR) is 178 cm³/mol. The molecule has 0 fully saturated rings. The van der Waals surface area contributed by atoms with Crippen LogP contribution in [0.15, 0.2) is 0 Å². The van der Waals surface area contributed by atoms with Gasteiger partial charge in [0, 0.05) is 6.61 Å². The minimum absolute atomic E-state index is 0.210. The van der Waals surface area contributed by atoms with E-state index in [-0.39, 0.29) is 12.4 Å². The third kappa shape index (κ3) is 26.8. The molecule has 0 aliphatic rings. The number of quaternary nitrogens is 1. The van der Waals surface area contributed by atoms with Gasteiger partial charge in [-0.3, -0.25) is 4.79 Å². The maximum absolute atomic E-state index is 12.6. The molecule has 0 unspecified atom stereocenters. The highest BCUT2D eigenvalue weighted by Gasteiger charge is 2.39. The van der Waals surface area contributed by atoms with E-state index < -0.39 is 25.2 Å². The van der Waals surface area contributed by atoms with Gasteiger partial charge in [-0.1, -0.05) is 84.0 Å². The molecule has 0 aromatic rings. The molecule has 234 valence electrons. The molecule has 39 heavy (non-hydrogen) atoms. The SMILES string of the molecule is CCCCCCCCCCCCCCCC[N+](C)(C)CC(=O)COCCC[Si](C)(O[Si](C)(C)C)O[Si](C)(C)C. The molecular formula is C31H70NO4Si3+. The van der Waals surface area contributed by atoms with E-state index in [1.54, 1.807) is 0 Å². The number of carbonyl (C=O) groups is 1. The lowest BCUT2D eigenvalue weighted by molar-refractivity contribution is -0.882. The van der Waals surface area contributed by atoms with E-state index in [1.807, 2.05) is 0 Å². The van der Waals surface area contributed by atoms with Crippen molar-refractivity contribution < 1.29 is 22.2 Å². The molecule has 5 nitrogen and oxygen atoms in total. The van der Waals surface area contributed by atoms with Gasteiger partial charge in [0.15, 0.2) is 16.6 Å². The number of nitrogens with zero attached hydrogens (tertiary/aromatic N) is 1. The predicted octanol–water partition coefficient (Wildman–Crippen LogP) is 9.29. The summed E-state index contributed by atoms with van der Waals surface area (Å²) < 4.78 is 19.7. The van der Waals surface area contributed by atoms with Gasteiger partial charge in [0.1, 0.15) is 13.2 Å². The second kappa shape index (κ2) is 20.9. The summed E-state index contributed by atoms with van der Waals surface area (Å²) in [7, 11) is -1.21. The molecule has 0 N–H and O–H groups in total. The lowest BCUT2D eigenvalue weighted by Gasteiger charge is -2.38. The zero-order valence-corrected chi connectivity index (χ0v) is 31.2. The molecule has 0 aliphatic heterocycles. The van der Waals surface area contributed by atoms with E-state index in [1.165, 1.54) is 89.9 Å². The van der Waals surface area contributed by atoms with Crippen molar-refractivity contribution in [3.63, 3.8) is 0 Å². The number of rotatable bonds is 27. The van der Waals surface area contributed by atoms with Crippen molar-refractivity contribution in [2.45, 2.75) is 155 Å². The minimum atomic E-state index is -2.22. The Balaban J connectivity index is 3.93. The summed E-state index contributed by atoms with van der Waals surface area (Å²) in [5.74, 6) is 0.210. The molecule has 8 heteroatoms. The summed E-state index contributed by atoms with van der Waals surface area (Å²) in [5.41, 5.74) is 0. The topological polar surface area (TPSA) is 44.8 Å². The third-order valence-corrected chi connectivity index (χ3v) is 16.6. The van der Waals surface area contributed by atoms with E-state index in [4.69, 9.17) is 13.0 Å². The number of hydrogen-bond acceptors (Lipinski definition) is 4. The molecule has 0 saturated heterocycles. The molecule has 0 radical (unpaired) electrons. The molecule has 0 aromatic carbocycles. The van der Waals surface area contributed by atoms with Gasteiger partial charge in [0.25, 0.3) is 0 Å². The Morgan fingerprint density at radius 1 is 0.615 bits per heavy atom. The largest absolute Gasteiger partial charge is 0.437 e. The van der Waals surface area contributed by atoms with Gasteiger partial charge < -0.3 is 17.5 Å². The van der Waals surface area contributed by atoms with Crippen molar-refractivity contribution in [1.29, 1.82) is 0 Å². The standard InChI is InChI=1S/C31H70NO4Si3/c1-11-12-13-14-15-16-17-18-19-20-21-22-23-24-26-32(2,3)29-31(33)30-34-27-25-28-39(10,35-37(4,5)6)36-38(7,8)9/h11-30H2,1-10H3/q+1. The summed E-state index contributed by atoms with van der Waals surface area (Å²) in [6.45, 7) is 20.4. The maximum Gasteiger partial charge on any atom is 0.314 e. The summed E-state index contributed by atoms with van der Waals surface area (Å²) in [6.07, 6.45) is 20.2. The van der Waals surface area contributed by atoms with Crippen LogP contribution in [0.3, 0.4) is 0 Å². The molecule has 0 amide bonds. The van der Waals surface area contributed by atoms with E-state index in [9.17, 15) is 4.79 Å². The van der Waals surface area contributed by atoms with Crippen LogP contribution >= 0.6 is 0 Å². The first kappa shape index (κ1) is 39.2. The zero-order chi connectivity index (χ0) is 29.8. The molecule has 0 spiro atoms. The Bertz CT molecular complexity index is 602. The lowest BCUT2D eigenvalue weighted by Crippen LogP contribution is -2.52. The highest BCUT2D eigenvalue weighted by atomic mass is 28.5. The van der Waals surface area contributed by atoms with Crippen LogP contribution in [-0.4, -0.2) is 75.9 Å². The van der Waals surface area contributed by atoms with Crippen LogP contribution in [0.5, 0.6) is 0 Å². The third-order valence-electron chi connectivity index (χ3n) is 6.95. The van der Waals surface area contributed by atoms with Crippen LogP contribution in [0, 0.1) is 0 Å². The molecule has 0 bridgehead atoms. The highest BCUT2D eigenvalue weighted by molar-refractivity contribution is 6.87. The average Bonchev–Trinajstić information content (AvgIpc) is 2.76. The van der Waals surface area contributed by atoms with Gasteiger partial charge in [0.2, 0.25) is 5.78 Å². The molecule has 0 heterocycles. The number of Topliss-reactive ketones (excluding diaryl/α,β-unsaturated/α-hetero) is 1. The summed E-state index contributed by atoms with van der Waals surface area (Å²) in [6, 6.07) is 0.927. The molecular weight excluding hydrogens is 535 g/mol. The lowest BCUT2D eigenvalue weighted by atomic mass is 10.0. The van der Waals surface area contributed by atoms with E-state index in [0.717, 1.165) is 23.5 Å². The molecule has 0 aliphatic carbocycles. The Hall–Kier alpha value is 0.161. The van der Waals surface area contributed by atoms with Gasteiger partial charge in [-0.15, -0.1) is 0 Å². The van der Waals surface area contributed by atoms with Crippen molar-refractivity contribution in [2.24, 2.45) is 0 Å². The van der Waals surface area contributed by atoms with Gasteiger partial charge in [0.05, 0.1) is 20.6 Å². The average molecular weight is 605 g/mol. The first-order valence-electron chi connectivity index (χ1n) is 16.4. The Kier molecular flexibility index (Phi) is 21.0. The van der Waals surface area contributed by atoms with Crippen LogP contribution in [0.2, 0.25) is 51.9 Å². The first-order valence-corrected chi connectivity index (χ1v) is 25.7. The summed E-state index contributed by atoms with van der Waals surface area (Å²) in [5, 5.41) is 0. The quantitative estimate of drug-likeness (QED) is 0.0532. The summed E-state index contributed by atoms with van der Waals surface area (Å²) in [4.78, 5) is 12.6. The fourth-order valence-corrected chi connectivity index (χ4v) is 17.9. The van der Waals surface area contributed by atoms with Crippen molar-refractivity contribution in [3.8, 4) is 0 Å². The Labute approximate surface area is 248 Å². The molecule has 0 saturated carbocycles. The van der Waals surface area contributed by atoms with Crippen molar-refractivity contribution >= 4 is 31.0 Å². The monoisotopic (exact) mass is 604 g/mol. The fourth-order valence-electron chi connectivity index (χ4n) is 5.44. The number of carbonyl (C=O) groups excluding carboxylic acids is 1. The second-order valence-electron chi connectivity index (χ2n) is 14.7. The van der Waals surface area contributed by atoms with E-state index in [0.29, 0.717) is 13.2 Å². The number of unbranched alkanes of at least 4 members (excludes halogenated alkanes) is 13. The van der Waals surface area contributed by atoms with Gasteiger partial charge in [-0.2, -0.15) is 0 Å². The van der Waals surface area contributed by atoms with Crippen molar-refractivity contribution in [1.82, 2.24) is 0 Å². The second-order valence-corrected chi connectivity index (χ2v) is 27.5.